The second-order valence-electron chi connectivity index (χ2n) is 9.74. The zero-order valence-electron chi connectivity index (χ0n) is 21.8. The Kier molecular flexibility index (Phi) is 9.89. The number of nitrogens with one attached hydrogen (secondary N) is 1. The molecule has 37 heavy (non-hydrogen) atoms. The molecular formula is C27H35Cl2N3O4S. The van der Waals surface area contributed by atoms with Crippen LogP contribution in [-0.2, 0) is 26.2 Å². The molecule has 10 heteroatoms. The van der Waals surface area contributed by atoms with Gasteiger partial charge in [0.25, 0.3) is 0 Å². The van der Waals surface area contributed by atoms with Crippen molar-refractivity contribution in [2.45, 2.75) is 71.5 Å². The van der Waals surface area contributed by atoms with Crippen LogP contribution in [-0.4, -0.2) is 50.0 Å². The van der Waals surface area contributed by atoms with Crippen LogP contribution in [0.4, 0.5) is 5.69 Å². The molecule has 2 amide bonds. The first kappa shape index (κ1) is 29.3. The molecule has 1 N–H and O–H groups in total. The monoisotopic (exact) mass is 567 g/mol. The van der Waals surface area contributed by atoms with Crippen molar-refractivity contribution in [3.8, 4) is 0 Å². The maximum absolute atomic E-state index is 13.8. The zero-order chi connectivity index (χ0) is 27.3. The molecule has 2 aromatic rings. The predicted octanol–water partition coefficient (Wildman–Crippen LogP) is 5.24. The molecule has 0 bridgehead atoms. The summed E-state index contributed by atoms with van der Waals surface area (Å²) in [5.41, 5.74) is 2.73. The highest BCUT2D eigenvalue weighted by molar-refractivity contribution is 7.92. The molecule has 0 radical (unpaired) electrons. The summed E-state index contributed by atoms with van der Waals surface area (Å²) in [6, 6.07) is 9.81. The van der Waals surface area contributed by atoms with Crippen LogP contribution in [0.1, 0.15) is 55.7 Å². The maximum Gasteiger partial charge on any atom is 0.244 e. The molecule has 1 fully saturated rings. The van der Waals surface area contributed by atoms with Crippen LogP contribution in [0.15, 0.2) is 36.4 Å². The summed E-state index contributed by atoms with van der Waals surface area (Å²) in [6.07, 6.45) is 5.40. The number of nitrogens with zero attached hydrogens (tertiary/aromatic N) is 2. The summed E-state index contributed by atoms with van der Waals surface area (Å²) in [5, 5.41) is 3.81. The minimum Gasteiger partial charge on any atom is -0.352 e. The number of anilines is 1. The molecule has 202 valence electrons. The summed E-state index contributed by atoms with van der Waals surface area (Å²) in [7, 11) is -3.80. The fourth-order valence-corrected chi connectivity index (χ4v) is 5.92. The van der Waals surface area contributed by atoms with E-state index in [1.807, 2.05) is 26.0 Å². The Balaban J connectivity index is 1.97. The first-order valence-corrected chi connectivity index (χ1v) is 15.1. The van der Waals surface area contributed by atoms with Crippen molar-refractivity contribution in [2.75, 3.05) is 17.1 Å². The highest BCUT2D eigenvalue weighted by Gasteiger charge is 2.33. The van der Waals surface area contributed by atoms with Gasteiger partial charge in [-0.3, -0.25) is 13.9 Å². The maximum atomic E-state index is 13.8. The van der Waals surface area contributed by atoms with Crippen LogP contribution in [0.25, 0.3) is 0 Å². The topological polar surface area (TPSA) is 86.8 Å². The molecule has 0 saturated heterocycles. The highest BCUT2D eigenvalue weighted by Crippen LogP contribution is 2.27. The average molecular weight is 569 g/mol. The lowest BCUT2D eigenvalue weighted by Crippen LogP contribution is -2.53. The minimum atomic E-state index is -3.80. The molecule has 7 nitrogen and oxygen atoms in total. The number of halogens is 2. The van der Waals surface area contributed by atoms with Crippen LogP contribution in [0.3, 0.4) is 0 Å². The lowest BCUT2D eigenvalue weighted by molar-refractivity contribution is -0.140. The Morgan fingerprint density at radius 2 is 1.73 bits per heavy atom. The second kappa shape index (κ2) is 12.5. The van der Waals surface area contributed by atoms with Gasteiger partial charge in [-0.2, -0.15) is 0 Å². The summed E-state index contributed by atoms with van der Waals surface area (Å²) < 4.78 is 26.8. The van der Waals surface area contributed by atoms with Crippen molar-refractivity contribution >= 4 is 50.7 Å². The third kappa shape index (κ3) is 7.62. The first-order valence-electron chi connectivity index (χ1n) is 12.5. The molecule has 1 aliphatic rings. The fraction of sp³-hybridized carbons (Fsp3) is 0.481. The Morgan fingerprint density at radius 1 is 1.05 bits per heavy atom. The van der Waals surface area contributed by atoms with Crippen LogP contribution in [0, 0.1) is 13.8 Å². The molecule has 3 rings (SSSR count). The lowest BCUT2D eigenvalue weighted by Gasteiger charge is -2.33. The summed E-state index contributed by atoms with van der Waals surface area (Å²) in [4.78, 5) is 28.7. The number of amides is 2. The number of hydrogen-bond donors (Lipinski definition) is 1. The molecule has 0 unspecified atom stereocenters. The number of carbonyl (C=O) groups is 2. The van der Waals surface area contributed by atoms with Gasteiger partial charge in [-0.15, -0.1) is 0 Å². The van der Waals surface area contributed by atoms with Gasteiger partial charge in [-0.25, -0.2) is 8.42 Å². The van der Waals surface area contributed by atoms with Gasteiger partial charge in [0.1, 0.15) is 12.6 Å². The molecule has 0 aromatic heterocycles. The van der Waals surface area contributed by atoms with Crippen LogP contribution >= 0.6 is 23.2 Å². The lowest BCUT2D eigenvalue weighted by atomic mass is 10.1. The normalized spacial score (nSPS) is 14.9. The molecule has 1 saturated carbocycles. The van der Waals surface area contributed by atoms with Gasteiger partial charge in [0.2, 0.25) is 21.8 Å². The van der Waals surface area contributed by atoms with E-state index >= 15 is 0 Å². The van der Waals surface area contributed by atoms with Gasteiger partial charge in [0.15, 0.2) is 0 Å². The molecular weight excluding hydrogens is 533 g/mol. The fourth-order valence-electron chi connectivity index (χ4n) is 4.70. The van der Waals surface area contributed by atoms with E-state index < -0.39 is 28.5 Å². The van der Waals surface area contributed by atoms with Crippen molar-refractivity contribution in [2.24, 2.45) is 0 Å². The minimum absolute atomic E-state index is 0.0801. The number of aryl methyl sites for hydroxylation is 2. The largest absolute Gasteiger partial charge is 0.352 e. The SMILES string of the molecule is CC[C@H](C(=O)NC1CCCC1)N(Cc1ccc(Cl)c(Cl)c1)C(=O)CN(c1cc(C)ccc1C)S(C)(=O)=O. The second-order valence-corrected chi connectivity index (χ2v) is 12.5. The summed E-state index contributed by atoms with van der Waals surface area (Å²) >= 11 is 12.3. The van der Waals surface area contributed by atoms with Gasteiger partial charge in [0, 0.05) is 12.6 Å². The molecule has 1 aliphatic carbocycles. The van der Waals surface area contributed by atoms with Gasteiger partial charge in [-0.1, -0.05) is 61.2 Å². The average Bonchev–Trinajstić information content (AvgIpc) is 3.33. The molecule has 0 heterocycles. The number of carbonyl (C=O) groups excluding carboxylic acids is 2. The van der Waals surface area contributed by atoms with E-state index in [4.69, 9.17) is 23.2 Å². The Hall–Kier alpha value is -2.29. The zero-order valence-corrected chi connectivity index (χ0v) is 24.1. The van der Waals surface area contributed by atoms with E-state index in [9.17, 15) is 18.0 Å². The Morgan fingerprint density at radius 3 is 2.32 bits per heavy atom. The standard InChI is InChI=1S/C27H35Cl2N3O4S/c1-5-24(27(34)30-21-8-6-7-9-21)31(16-20-12-13-22(28)23(29)15-20)26(33)17-32(37(4,35)36)25-14-18(2)10-11-19(25)3/h10-15,21,24H,5-9,16-17H2,1-4H3,(H,30,34)/t24-/m1/s1. The molecule has 1 atom stereocenters. The van der Waals surface area contributed by atoms with Crippen LogP contribution in [0.2, 0.25) is 10.0 Å². The molecule has 0 spiro atoms. The number of rotatable bonds is 10. The quantitative estimate of drug-likeness (QED) is 0.425. The van der Waals surface area contributed by atoms with Gasteiger partial charge in [-0.05, 0) is 68.0 Å². The van der Waals surface area contributed by atoms with Crippen molar-refractivity contribution in [3.05, 3.63) is 63.1 Å². The number of benzene rings is 2. The van der Waals surface area contributed by atoms with Crippen molar-refractivity contribution in [1.29, 1.82) is 0 Å². The van der Waals surface area contributed by atoms with Gasteiger partial charge >= 0.3 is 0 Å². The van der Waals surface area contributed by atoms with Crippen LogP contribution in [0.5, 0.6) is 0 Å². The smallest absolute Gasteiger partial charge is 0.244 e. The number of hydrogen-bond acceptors (Lipinski definition) is 4. The highest BCUT2D eigenvalue weighted by atomic mass is 35.5. The van der Waals surface area contributed by atoms with E-state index in [1.165, 1.54) is 4.90 Å². The Bertz CT molecular complexity index is 1250. The van der Waals surface area contributed by atoms with E-state index in [0.717, 1.165) is 47.4 Å². The molecule has 0 aliphatic heterocycles. The van der Waals surface area contributed by atoms with E-state index in [2.05, 4.69) is 5.32 Å². The molecule has 2 aromatic carbocycles. The van der Waals surface area contributed by atoms with Gasteiger partial charge in [0.05, 0.1) is 22.0 Å². The summed E-state index contributed by atoms with van der Waals surface area (Å²) in [5.74, 6) is -0.716. The summed E-state index contributed by atoms with van der Waals surface area (Å²) in [6.45, 7) is 5.15. The predicted molar refractivity (Wildman–Crippen MR) is 150 cm³/mol. The Labute approximate surface area is 230 Å². The number of sulfonamides is 1. The van der Waals surface area contributed by atoms with E-state index in [1.54, 1.807) is 31.2 Å². The first-order chi connectivity index (χ1) is 17.4. The van der Waals surface area contributed by atoms with Crippen molar-refractivity contribution < 1.29 is 18.0 Å². The van der Waals surface area contributed by atoms with Crippen molar-refractivity contribution in [1.82, 2.24) is 10.2 Å². The van der Waals surface area contributed by atoms with E-state index in [-0.39, 0.29) is 18.5 Å². The van der Waals surface area contributed by atoms with E-state index in [0.29, 0.717) is 27.7 Å². The van der Waals surface area contributed by atoms with Crippen LogP contribution < -0.4 is 9.62 Å². The van der Waals surface area contributed by atoms with Gasteiger partial charge < -0.3 is 10.2 Å². The third-order valence-electron chi connectivity index (χ3n) is 6.74. The third-order valence-corrected chi connectivity index (χ3v) is 8.60. The van der Waals surface area contributed by atoms with Crippen molar-refractivity contribution in [3.63, 3.8) is 0 Å².